The zero-order valence-corrected chi connectivity index (χ0v) is 17.1. The minimum atomic E-state index is -0.405. The van der Waals surface area contributed by atoms with Crippen LogP contribution in [0.2, 0.25) is 5.02 Å². The van der Waals surface area contributed by atoms with Crippen LogP contribution in [0.15, 0.2) is 36.4 Å². The summed E-state index contributed by atoms with van der Waals surface area (Å²) in [6.07, 6.45) is 1.75. The number of nitrogens with one attached hydrogen (secondary N) is 1. The van der Waals surface area contributed by atoms with Crippen LogP contribution in [0.25, 0.3) is 0 Å². The number of halogens is 1. The minimum Gasteiger partial charge on any atom is -0.478 e. The second kappa shape index (κ2) is 9.71. The monoisotopic (exact) mass is 416 g/mol. The van der Waals surface area contributed by atoms with Crippen molar-refractivity contribution in [2.45, 2.75) is 26.3 Å². The first-order valence-corrected chi connectivity index (χ1v) is 10.1. The number of primary amides is 1. The first kappa shape index (κ1) is 21.1. The first-order chi connectivity index (χ1) is 14.0. The van der Waals surface area contributed by atoms with Gasteiger partial charge in [-0.1, -0.05) is 29.8 Å². The maximum Gasteiger partial charge on any atom is 0.275 e. The van der Waals surface area contributed by atoms with Crippen LogP contribution in [0.3, 0.4) is 0 Å². The molecule has 154 valence electrons. The summed E-state index contributed by atoms with van der Waals surface area (Å²) in [7, 11) is 0. The van der Waals surface area contributed by atoms with E-state index in [0.717, 1.165) is 24.9 Å². The summed E-state index contributed by atoms with van der Waals surface area (Å²) in [5, 5.41) is 3.15. The first-order valence-electron chi connectivity index (χ1n) is 9.68. The van der Waals surface area contributed by atoms with Crippen LogP contribution in [0.1, 0.15) is 35.8 Å². The Hall–Kier alpha value is -2.64. The van der Waals surface area contributed by atoms with Gasteiger partial charge in [0.05, 0.1) is 17.5 Å². The van der Waals surface area contributed by atoms with E-state index < -0.39 is 5.91 Å². The number of ether oxygens (including phenoxy) is 1. The third-order valence-corrected chi connectivity index (χ3v) is 5.20. The van der Waals surface area contributed by atoms with Crippen molar-refractivity contribution < 1.29 is 14.3 Å². The van der Waals surface area contributed by atoms with E-state index in [4.69, 9.17) is 22.1 Å². The second-order valence-corrected chi connectivity index (χ2v) is 7.41. The Bertz CT molecular complexity index is 890. The lowest BCUT2D eigenvalue weighted by Crippen LogP contribution is -2.40. The number of para-hydroxylation sites is 1. The third kappa shape index (κ3) is 5.46. The molecule has 1 fully saturated rings. The zero-order chi connectivity index (χ0) is 20.8. The number of piperidine rings is 1. The Labute approximate surface area is 175 Å². The lowest BCUT2D eigenvalue weighted by atomic mass is 9.97. The molecule has 0 radical (unpaired) electrons. The molecular formula is C21H25ClN4O3. The summed E-state index contributed by atoms with van der Waals surface area (Å²) >= 11 is 6.17. The average molecular weight is 417 g/mol. The largest absolute Gasteiger partial charge is 0.478 e. The lowest BCUT2D eigenvalue weighted by molar-refractivity contribution is -0.123. The number of carbonyl (C=O) groups is 2. The standard InChI is InChI=1S/C21H25ClN4O3/c1-2-29-18-10-9-16(22)19(25-18)21(28)24-17-8-4-3-6-14(17)12-26-11-5-7-15(13-26)20(23)27/h3-4,6,8-10,15H,2,5,7,11-13H2,1H3,(H2,23,27)(H,24,28). The summed E-state index contributed by atoms with van der Waals surface area (Å²) in [6, 6.07) is 10.8. The summed E-state index contributed by atoms with van der Waals surface area (Å²) in [6.45, 7) is 4.41. The van der Waals surface area contributed by atoms with Crippen molar-refractivity contribution in [2.75, 3.05) is 25.0 Å². The predicted molar refractivity (Wildman–Crippen MR) is 112 cm³/mol. The van der Waals surface area contributed by atoms with Gasteiger partial charge in [0.25, 0.3) is 5.91 Å². The molecule has 3 rings (SSSR count). The molecule has 2 amide bonds. The van der Waals surface area contributed by atoms with Crippen LogP contribution in [0, 0.1) is 5.92 Å². The highest BCUT2D eigenvalue weighted by molar-refractivity contribution is 6.34. The molecule has 2 aromatic rings. The molecule has 0 saturated carbocycles. The normalized spacial score (nSPS) is 17.0. The van der Waals surface area contributed by atoms with Crippen molar-refractivity contribution >= 4 is 29.1 Å². The topological polar surface area (TPSA) is 97.5 Å². The summed E-state index contributed by atoms with van der Waals surface area (Å²) in [5.74, 6) is -0.445. The molecule has 1 aliphatic rings. The van der Waals surface area contributed by atoms with Gasteiger partial charge in [-0.25, -0.2) is 4.98 Å². The average Bonchev–Trinajstić information content (AvgIpc) is 2.71. The SMILES string of the molecule is CCOc1ccc(Cl)c(C(=O)Nc2ccccc2CN2CCCC(C(N)=O)C2)n1. The van der Waals surface area contributed by atoms with E-state index in [0.29, 0.717) is 31.3 Å². The molecule has 1 unspecified atom stereocenters. The molecule has 2 heterocycles. The Morgan fingerprint density at radius 1 is 1.31 bits per heavy atom. The number of rotatable bonds is 7. The molecular weight excluding hydrogens is 392 g/mol. The second-order valence-electron chi connectivity index (χ2n) is 7.00. The molecule has 0 spiro atoms. The fourth-order valence-electron chi connectivity index (χ4n) is 3.45. The van der Waals surface area contributed by atoms with E-state index in [2.05, 4.69) is 15.2 Å². The van der Waals surface area contributed by atoms with Crippen molar-refractivity contribution in [3.8, 4) is 5.88 Å². The van der Waals surface area contributed by atoms with Gasteiger partial charge in [-0.15, -0.1) is 0 Å². The molecule has 8 heteroatoms. The van der Waals surface area contributed by atoms with E-state index in [1.54, 1.807) is 12.1 Å². The Kier molecular flexibility index (Phi) is 7.06. The van der Waals surface area contributed by atoms with Crippen molar-refractivity contribution in [1.82, 2.24) is 9.88 Å². The fraction of sp³-hybridized carbons (Fsp3) is 0.381. The van der Waals surface area contributed by atoms with Crippen LogP contribution in [0.5, 0.6) is 5.88 Å². The number of nitrogens with two attached hydrogens (primary N) is 1. The Balaban J connectivity index is 1.75. The molecule has 0 aliphatic carbocycles. The Morgan fingerprint density at radius 2 is 2.10 bits per heavy atom. The minimum absolute atomic E-state index is 0.110. The molecule has 7 nitrogen and oxygen atoms in total. The molecule has 29 heavy (non-hydrogen) atoms. The van der Waals surface area contributed by atoms with E-state index in [1.165, 1.54) is 0 Å². The molecule has 3 N–H and O–H groups in total. The number of hydrogen-bond donors (Lipinski definition) is 2. The van der Waals surface area contributed by atoms with E-state index in [1.807, 2.05) is 31.2 Å². The van der Waals surface area contributed by atoms with E-state index >= 15 is 0 Å². The van der Waals surface area contributed by atoms with Crippen LogP contribution in [0.4, 0.5) is 5.69 Å². The summed E-state index contributed by atoms with van der Waals surface area (Å²) < 4.78 is 5.36. The van der Waals surface area contributed by atoms with Gasteiger partial charge in [0.15, 0.2) is 5.69 Å². The third-order valence-electron chi connectivity index (χ3n) is 4.90. The maximum atomic E-state index is 12.8. The number of pyridine rings is 1. The summed E-state index contributed by atoms with van der Waals surface area (Å²) in [5.41, 5.74) is 7.22. The number of aromatic nitrogens is 1. The number of carbonyl (C=O) groups excluding carboxylic acids is 2. The van der Waals surface area contributed by atoms with E-state index in [9.17, 15) is 9.59 Å². The number of nitrogens with zero attached hydrogens (tertiary/aromatic N) is 2. The fourth-order valence-corrected chi connectivity index (χ4v) is 3.64. The molecule has 1 aromatic heterocycles. The number of hydrogen-bond acceptors (Lipinski definition) is 5. The van der Waals surface area contributed by atoms with Crippen LogP contribution < -0.4 is 15.8 Å². The number of likely N-dealkylation sites (tertiary alicyclic amines) is 1. The van der Waals surface area contributed by atoms with Gasteiger partial charge >= 0.3 is 0 Å². The van der Waals surface area contributed by atoms with Crippen LogP contribution >= 0.6 is 11.6 Å². The van der Waals surface area contributed by atoms with Crippen molar-refractivity contribution in [3.63, 3.8) is 0 Å². The molecule has 1 aromatic carbocycles. The highest BCUT2D eigenvalue weighted by atomic mass is 35.5. The highest BCUT2D eigenvalue weighted by Crippen LogP contribution is 2.24. The number of amides is 2. The van der Waals surface area contributed by atoms with Crippen molar-refractivity contribution in [2.24, 2.45) is 11.7 Å². The van der Waals surface area contributed by atoms with Gasteiger partial charge in [0, 0.05) is 24.8 Å². The van der Waals surface area contributed by atoms with Gasteiger partial charge < -0.3 is 15.8 Å². The predicted octanol–water partition coefficient (Wildman–Crippen LogP) is 3.08. The van der Waals surface area contributed by atoms with Crippen LogP contribution in [-0.2, 0) is 11.3 Å². The Morgan fingerprint density at radius 3 is 2.86 bits per heavy atom. The number of anilines is 1. The van der Waals surface area contributed by atoms with Crippen molar-refractivity contribution in [1.29, 1.82) is 0 Å². The number of benzene rings is 1. The van der Waals surface area contributed by atoms with E-state index in [-0.39, 0.29) is 22.5 Å². The maximum absolute atomic E-state index is 12.8. The molecule has 1 aliphatic heterocycles. The van der Waals surface area contributed by atoms with Gasteiger partial charge in [-0.05, 0) is 44.0 Å². The van der Waals surface area contributed by atoms with Crippen LogP contribution in [-0.4, -0.2) is 41.4 Å². The molecule has 0 bridgehead atoms. The highest BCUT2D eigenvalue weighted by Gasteiger charge is 2.24. The molecule has 1 saturated heterocycles. The smallest absolute Gasteiger partial charge is 0.275 e. The quantitative estimate of drug-likeness (QED) is 0.722. The van der Waals surface area contributed by atoms with Gasteiger partial charge in [-0.2, -0.15) is 0 Å². The summed E-state index contributed by atoms with van der Waals surface area (Å²) in [4.78, 5) is 30.7. The van der Waals surface area contributed by atoms with Gasteiger partial charge in [0.2, 0.25) is 11.8 Å². The lowest BCUT2D eigenvalue weighted by Gasteiger charge is -2.31. The van der Waals surface area contributed by atoms with Gasteiger partial charge in [-0.3, -0.25) is 14.5 Å². The zero-order valence-electron chi connectivity index (χ0n) is 16.4. The van der Waals surface area contributed by atoms with Crippen molar-refractivity contribution in [3.05, 3.63) is 52.7 Å². The molecule has 1 atom stereocenters. The van der Waals surface area contributed by atoms with Gasteiger partial charge in [0.1, 0.15) is 0 Å².